The summed E-state index contributed by atoms with van der Waals surface area (Å²) in [5, 5.41) is 22.6. The first-order chi connectivity index (χ1) is 14.1. The fourth-order valence-electron chi connectivity index (χ4n) is 2.44. The Morgan fingerprint density at radius 2 is 2.00 bits per heavy atom. The fraction of sp³-hybridized carbons (Fsp3) is 0.100. The second-order valence-corrected chi connectivity index (χ2v) is 5.90. The van der Waals surface area contributed by atoms with Gasteiger partial charge in [-0.05, 0) is 47.2 Å². The molecule has 2 aromatic carbocycles. The number of carbonyl (C=O) groups is 2. The summed E-state index contributed by atoms with van der Waals surface area (Å²) in [6, 6.07) is 17.5. The molecule has 3 aromatic rings. The minimum atomic E-state index is -0.759. The van der Waals surface area contributed by atoms with Crippen LogP contribution in [0.1, 0.15) is 17.0 Å². The first-order valence-electron chi connectivity index (χ1n) is 8.56. The number of anilines is 1. The van der Waals surface area contributed by atoms with Crippen LogP contribution in [0.5, 0.6) is 0 Å². The number of aromatic nitrogens is 4. The van der Waals surface area contributed by atoms with E-state index >= 15 is 0 Å². The number of tetrazole rings is 1. The Kier molecular flexibility index (Phi) is 6.07. The van der Waals surface area contributed by atoms with Crippen LogP contribution in [-0.2, 0) is 14.3 Å². The topological polar surface area (TPSA) is 123 Å². The molecule has 1 N–H and O–H groups in total. The van der Waals surface area contributed by atoms with Gasteiger partial charge in [0.1, 0.15) is 0 Å². The van der Waals surface area contributed by atoms with Crippen molar-refractivity contribution in [3.8, 4) is 6.07 Å². The molecule has 3 rings (SSSR count). The number of nitrogens with one attached hydrogen (secondary N) is 1. The lowest BCUT2D eigenvalue weighted by Crippen LogP contribution is -2.23. The third kappa shape index (κ3) is 5.11. The second-order valence-electron chi connectivity index (χ2n) is 5.90. The summed E-state index contributed by atoms with van der Waals surface area (Å²) in [6.07, 6.45) is 1.57. The quantitative estimate of drug-likeness (QED) is 0.506. The third-order valence-electron chi connectivity index (χ3n) is 3.78. The largest absolute Gasteiger partial charge is 0.451 e. The van der Waals surface area contributed by atoms with Gasteiger partial charge in [0, 0.05) is 5.69 Å². The number of ether oxygens (including phenoxy) is 1. The van der Waals surface area contributed by atoms with E-state index in [-0.39, 0.29) is 5.70 Å². The van der Waals surface area contributed by atoms with Crippen molar-refractivity contribution in [2.75, 3.05) is 11.9 Å². The molecule has 0 radical (unpaired) electrons. The van der Waals surface area contributed by atoms with Crippen LogP contribution in [-0.4, -0.2) is 38.7 Å². The van der Waals surface area contributed by atoms with Gasteiger partial charge in [0.2, 0.25) is 0 Å². The van der Waals surface area contributed by atoms with Gasteiger partial charge in [0.25, 0.3) is 5.91 Å². The standard InChI is InChI=1S/C20H16N6O3/c1-14-23-24-25-26(14)18(11-15-6-3-2-4-7-15)20(28)29-13-19(27)22-17-9-5-8-16(10-17)12-21/h2-11H,13H2,1H3,(H,22,27). The molecule has 0 atom stereocenters. The molecule has 0 aliphatic carbocycles. The zero-order chi connectivity index (χ0) is 20.6. The Morgan fingerprint density at radius 3 is 2.69 bits per heavy atom. The Balaban J connectivity index is 1.72. The average molecular weight is 388 g/mol. The number of hydrogen-bond donors (Lipinski definition) is 1. The van der Waals surface area contributed by atoms with E-state index in [9.17, 15) is 9.59 Å². The van der Waals surface area contributed by atoms with Crippen LogP contribution in [0.2, 0.25) is 0 Å². The number of carbonyl (C=O) groups excluding carboxylic acids is 2. The highest BCUT2D eigenvalue weighted by Gasteiger charge is 2.19. The first-order valence-corrected chi connectivity index (χ1v) is 8.56. The number of amides is 1. The van der Waals surface area contributed by atoms with Crippen LogP contribution in [0, 0.1) is 18.3 Å². The molecule has 0 saturated heterocycles. The van der Waals surface area contributed by atoms with Crippen molar-refractivity contribution in [3.63, 3.8) is 0 Å². The number of rotatable bonds is 6. The van der Waals surface area contributed by atoms with E-state index in [1.165, 1.54) is 10.7 Å². The summed E-state index contributed by atoms with van der Waals surface area (Å²) < 4.78 is 6.38. The van der Waals surface area contributed by atoms with E-state index in [0.717, 1.165) is 5.56 Å². The predicted octanol–water partition coefficient (Wildman–Crippen LogP) is 2.03. The molecule has 9 nitrogen and oxygen atoms in total. The lowest BCUT2D eigenvalue weighted by atomic mass is 10.2. The lowest BCUT2D eigenvalue weighted by molar-refractivity contribution is -0.141. The van der Waals surface area contributed by atoms with Gasteiger partial charge < -0.3 is 10.1 Å². The number of benzene rings is 2. The number of nitrogens with zero attached hydrogens (tertiary/aromatic N) is 5. The van der Waals surface area contributed by atoms with E-state index in [0.29, 0.717) is 17.1 Å². The van der Waals surface area contributed by atoms with Crippen molar-refractivity contribution >= 4 is 29.3 Å². The molecule has 0 aliphatic heterocycles. The van der Waals surface area contributed by atoms with E-state index in [1.807, 2.05) is 36.4 Å². The van der Waals surface area contributed by atoms with Crippen LogP contribution in [0.3, 0.4) is 0 Å². The Morgan fingerprint density at radius 1 is 1.21 bits per heavy atom. The first kappa shape index (κ1) is 19.4. The number of aryl methyl sites for hydroxylation is 1. The third-order valence-corrected chi connectivity index (χ3v) is 3.78. The highest BCUT2D eigenvalue weighted by Crippen LogP contribution is 2.14. The van der Waals surface area contributed by atoms with Crippen LogP contribution >= 0.6 is 0 Å². The smallest absolute Gasteiger partial charge is 0.357 e. The molecule has 0 bridgehead atoms. The van der Waals surface area contributed by atoms with Gasteiger partial charge in [-0.25, -0.2) is 4.79 Å². The molecular formula is C20H16N6O3. The molecule has 0 spiro atoms. The van der Waals surface area contributed by atoms with Gasteiger partial charge in [-0.15, -0.1) is 5.10 Å². The van der Waals surface area contributed by atoms with E-state index < -0.39 is 18.5 Å². The van der Waals surface area contributed by atoms with Crippen molar-refractivity contribution in [1.29, 1.82) is 5.26 Å². The van der Waals surface area contributed by atoms with E-state index in [4.69, 9.17) is 10.00 Å². The summed E-state index contributed by atoms with van der Waals surface area (Å²) in [7, 11) is 0. The molecule has 1 amide bonds. The monoisotopic (exact) mass is 388 g/mol. The highest BCUT2D eigenvalue weighted by molar-refractivity contribution is 6.15. The SMILES string of the molecule is Cc1nnnn1C(=Cc1ccccc1)C(=O)OCC(=O)Nc1cccc(C#N)c1. The van der Waals surface area contributed by atoms with Gasteiger partial charge in [0.15, 0.2) is 18.1 Å². The number of esters is 1. The van der Waals surface area contributed by atoms with Crippen molar-refractivity contribution in [3.05, 3.63) is 71.5 Å². The Hall–Kier alpha value is -4.32. The second kappa shape index (κ2) is 9.05. The molecule has 0 unspecified atom stereocenters. The van der Waals surface area contributed by atoms with Gasteiger partial charge >= 0.3 is 5.97 Å². The van der Waals surface area contributed by atoms with Crippen LogP contribution in [0.25, 0.3) is 11.8 Å². The van der Waals surface area contributed by atoms with Crippen molar-refractivity contribution in [1.82, 2.24) is 20.2 Å². The van der Waals surface area contributed by atoms with Gasteiger partial charge in [0.05, 0.1) is 11.6 Å². The molecule has 0 aliphatic rings. The van der Waals surface area contributed by atoms with Crippen molar-refractivity contribution in [2.45, 2.75) is 6.92 Å². The Bertz CT molecular complexity index is 1100. The number of hydrogen-bond acceptors (Lipinski definition) is 7. The van der Waals surface area contributed by atoms with Crippen molar-refractivity contribution < 1.29 is 14.3 Å². The minimum absolute atomic E-state index is 0.0676. The molecule has 0 fully saturated rings. The molecular weight excluding hydrogens is 372 g/mol. The van der Waals surface area contributed by atoms with Crippen LogP contribution in [0.15, 0.2) is 54.6 Å². The zero-order valence-electron chi connectivity index (χ0n) is 15.4. The van der Waals surface area contributed by atoms with E-state index in [1.54, 1.807) is 31.2 Å². The zero-order valence-corrected chi connectivity index (χ0v) is 15.4. The summed E-state index contributed by atoms with van der Waals surface area (Å²) in [4.78, 5) is 24.7. The number of nitriles is 1. The lowest BCUT2D eigenvalue weighted by Gasteiger charge is -2.10. The molecule has 29 heavy (non-hydrogen) atoms. The summed E-state index contributed by atoms with van der Waals surface area (Å²) in [6.45, 7) is 1.13. The van der Waals surface area contributed by atoms with Gasteiger partial charge in [-0.3, -0.25) is 4.79 Å². The van der Waals surface area contributed by atoms with Crippen LogP contribution < -0.4 is 5.32 Å². The molecule has 144 valence electrons. The normalized spacial score (nSPS) is 10.8. The predicted molar refractivity (Wildman–Crippen MR) is 104 cm³/mol. The maximum atomic E-state index is 12.6. The maximum absolute atomic E-state index is 12.6. The highest BCUT2D eigenvalue weighted by atomic mass is 16.5. The summed E-state index contributed by atoms with van der Waals surface area (Å²) in [5.74, 6) is -0.909. The minimum Gasteiger partial charge on any atom is -0.451 e. The molecule has 0 saturated carbocycles. The van der Waals surface area contributed by atoms with Gasteiger partial charge in [-0.2, -0.15) is 9.94 Å². The Labute approximate surface area is 166 Å². The van der Waals surface area contributed by atoms with E-state index in [2.05, 4.69) is 20.8 Å². The maximum Gasteiger partial charge on any atom is 0.357 e. The fourth-order valence-corrected chi connectivity index (χ4v) is 2.44. The van der Waals surface area contributed by atoms with Crippen LogP contribution in [0.4, 0.5) is 5.69 Å². The van der Waals surface area contributed by atoms with Gasteiger partial charge in [-0.1, -0.05) is 36.4 Å². The summed E-state index contributed by atoms with van der Waals surface area (Å²) in [5.41, 5.74) is 1.65. The van der Waals surface area contributed by atoms with Crippen molar-refractivity contribution in [2.24, 2.45) is 0 Å². The average Bonchev–Trinajstić information content (AvgIpc) is 3.16. The molecule has 1 aromatic heterocycles. The molecule has 9 heteroatoms. The molecule has 1 heterocycles. The summed E-state index contributed by atoms with van der Waals surface area (Å²) >= 11 is 0.